The maximum atomic E-state index is 5.47. The number of ether oxygens (including phenoxy) is 2. The molecule has 0 atom stereocenters. The van der Waals surface area contributed by atoms with E-state index in [1.165, 1.54) is 5.56 Å². The van der Waals surface area contributed by atoms with Crippen LogP contribution in [0.15, 0.2) is 18.2 Å². The Morgan fingerprint density at radius 3 is 1.93 bits per heavy atom. The van der Waals surface area contributed by atoms with Crippen molar-refractivity contribution >= 4 is 23.5 Å². The summed E-state index contributed by atoms with van der Waals surface area (Å²) in [6.07, 6.45) is 0. The normalized spacial score (nSPS) is 17.9. The van der Waals surface area contributed by atoms with Crippen LogP contribution in [-0.2, 0) is 9.47 Å². The monoisotopic (exact) mass is 370 g/mol. The van der Waals surface area contributed by atoms with Crippen molar-refractivity contribution in [1.82, 2.24) is 15.0 Å². The van der Waals surface area contributed by atoms with E-state index in [9.17, 15) is 0 Å². The first-order valence-electron chi connectivity index (χ1n) is 9.45. The van der Waals surface area contributed by atoms with Gasteiger partial charge in [-0.3, -0.25) is 0 Å². The quantitative estimate of drug-likeness (QED) is 0.875. The van der Waals surface area contributed by atoms with E-state index in [0.717, 1.165) is 37.4 Å². The van der Waals surface area contributed by atoms with E-state index in [1.54, 1.807) is 0 Å². The summed E-state index contributed by atoms with van der Waals surface area (Å²) in [5.41, 5.74) is 3.36. The molecule has 2 fully saturated rings. The molecule has 8 heteroatoms. The van der Waals surface area contributed by atoms with Crippen LogP contribution in [0.25, 0.3) is 0 Å². The zero-order valence-corrected chi connectivity index (χ0v) is 15.9. The lowest BCUT2D eigenvalue weighted by Gasteiger charge is -2.30. The lowest BCUT2D eigenvalue weighted by atomic mass is 10.1. The number of aryl methyl sites for hydroxylation is 2. The van der Waals surface area contributed by atoms with Crippen molar-refractivity contribution in [2.24, 2.45) is 0 Å². The van der Waals surface area contributed by atoms with Gasteiger partial charge in [0.2, 0.25) is 17.8 Å². The molecule has 0 radical (unpaired) electrons. The minimum atomic E-state index is 0.571. The third-order valence-corrected chi connectivity index (χ3v) is 4.84. The highest BCUT2D eigenvalue weighted by atomic mass is 16.5. The molecule has 1 aromatic heterocycles. The summed E-state index contributed by atoms with van der Waals surface area (Å²) in [5, 5.41) is 3.39. The lowest BCUT2D eigenvalue weighted by Crippen LogP contribution is -2.40. The highest BCUT2D eigenvalue weighted by Crippen LogP contribution is 2.23. The molecule has 0 bridgehead atoms. The van der Waals surface area contributed by atoms with E-state index in [2.05, 4.69) is 47.2 Å². The minimum absolute atomic E-state index is 0.571. The number of anilines is 4. The molecule has 0 amide bonds. The maximum Gasteiger partial charge on any atom is 0.233 e. The van der Waals surface area contributed by atoms with Gasteiger partial charge >= 0.3 is 0 Å². The number of rotatable bonds is 4. The molecule has 0 aliphatic carbocycles. The third-order valence-electron chi connectivity index (χ3n) is 4.84. The fourth-order valence-electron chi connectivity index (χ4n) is 3.21. The van der Waals surface area contributed by atoms with Crippen LogP contribution in [0.2, 0.25) is 0 Å². The summed E-state index contributed by atoms with van der Waals surface area (Å²) in [7, 11) is 0. The van der Waals surface area contributed by atoms with Crippen LogP contribution in [0.1, 0.15) is 11.1 Å². The first-order chi connectivity index (χ1) is 13.2. The Bertz CT molecular complexity index is 752. The first kappa shape index (κ1) is 17.9. The highest BCUT2D eigenvalue weighted by Gasteiger charge is 2.21. The van der Waals surface area contributed by atoms with Crippen LogP contribution in [0.3, 0.4) is 0 Å². The van der Waals surface area contributed by atoms with Gasteiger partial charge in [0, 0.05) is 31.9 Å². The molecule has 2 aromatic rings. The van der Waals surface area contributed by atoms with E-state index in [-0.39, 0.29) is 0 Å². The Morgan fingerprint density at radius 2 is 1.37 bits per heavy atom. The van der Waals surface area contributed by atoms with E-state index in [1.807, 2.05) is 0 Å². The van der Waals surface area contributed by atoms with E-state index in [4.69, 9.17) is 24.4 Å². The Kier molecular flexibility index (Phi) is 5.35. The zero-order chi connectivity index (χ0) is 18.6. The molecule has 4 rings (SSSR count). The van der Waals surface area contributed by atoms with Gasteiger partial charge in [0.15, 0.2) is 0 Å². The van der Waals surface area contributed by atoms with Crippen LogP contribution in [-0.4, -0.2) is 67.6 Å². The Morgan fingerprint density at radius 1 is 0.815 bits per heavy atom. The summed E-state index contributed by atoms with van der Waals surface area (Å²) >= 11 is 0. The minimum Gasteiger partial charge on any atom is -0.378 e. The standard InChI is InChI=1S/C19H26N6O2/c1-14-3-4-15(2)16(13-14)20-17-21-18(24-5-9-26-10-6-24)23-19(22-17)25-7-11-27-12-8-25/h3-4,13H,5-12H2,1-2H3,(H,20,21,22,23). The van der Waals surface area contributed by atoms with Gasteiger partial charge in [-0.2, -0.15) is 15.0 Å². The van der Waals surface area contributed by atoms with Gasteiger partial charge in [-0.1, -0.05) is 12.1 Å². The molecular formula is C19H26N6O2. The van der Waals surface area contributed by atoms with Gasteiger partial charge in [0.25, 0.3) is 0 Å². The van der Waals surface area contributed by atoms with Gasteiger partial charge < -0.3 is 24.6 Å². The largest absolute Gasteiger partial charge is 0.378 e. The first-order valence-corrected chi connectivity index (χ1v) is 9.45. The maximum absolute atomic E-state index is 5.47. The van der Waals surface area contributed by atoms with Gasteiger partial charge in [0.05, 0.1) is 26.4 Å². The van der Waals surface area contributed by atoms with Crippen LogP contribution in [0, 0.1) is 13.8 Å². The lowest BCUT2D eigenvalue weighted by molar-refractivity contribution is 0.121. The van der Waals surface area contributed by atoms with E-state index >= 15 is 0 Å². The fourth-order valence-corrected chi connectivity index (χ4v) is 3.21. The van der Waals surface area contributed by atoms with Gasteiger partial charge in [-0.25, -0.2) is 0 Å². The molecule has 0 unspecified atom stereocenters. The highest BCUT2D eigenvalue weighted by molar-refractivity contribution is 5.61. The van der Waals surface area contributed by atoms with Crippen LogP contribution in [0.5, 0.6) is 0 Å². The fraction of sp³-hybridized carbons (Fsp3) is 0.526. The van der Waals surface area contributed by atoms with Crippen LogP contribution < -0.4 is 15.1 Å². The molecule has 1 aromatic carbocycles. The summed E-state index contributed by atoms with van der Waals surface area (Å²) in [6, 6.07) is 6.32. The summed E-state index contributed by atoms with van der Waals surface area (Å²) in [6.45, 7) is 10.1. The molecule has 0 saturated carbocycles. The molecule has 1 N–H and O–H groups in total. The number of benzene rings is 1. The number of morpholine rings is 2. The van der Waals surface area contributed by atoms with Crippen molar-refractivity contribution in [2.45, 2.75) is 13.8 Å². The topological polar surface area (TPSA) is 75.6 Å². The number of aromatic nitrogens is 3. The second kappa shape index (κ2) is 8.06. The Labute approximate surface area is 159 Å². The second-order valence-electron chi connectivity index (χ2n) is 6.90. The van der Waals surface area contributed by atoms with Crippen molar-refractivity contribution in [1.29, 1.82) is 0 Å². The smallest absolute Gasteiger partial charge is 0.233 e. The van der Waals surface area contributed by atoms with Crippen LogP contribution in [0.4, 0.5) is 23.5 Å². The summed E-state index contributed by atoms with van der Waals surface area (Å²) in [5.74, 6) is 1.96. The second-order valence-corrected chi connectivity index (χ2v) is 6.90. The predicted molar refractivity (Wildman–Crippen MR) is 105 cm³/mol. The van der Waals surface area contributed by atoms with Crippen molar-refractivity contribution in [3.63, 3.8) is 0 Å². The van der Waals surface area contributed by atoms with Gasteiger partial charge in [0.1, 0.15) is 0 Å². The number of hydrogen-bond acceptors (Lipinski definition) is 8. The van der Waals surface area contributed by atoms with Crippen molar-refractivity contribution < 1.29 is 9.47 Å². The Balaban J connectivity index is 1.67. The Hall–Kier alpha value is -2.45. The van der Waals surface area contributed by atoms with Crippen molar-refractivity contribution in [3.8, 4) is 0 Å². The third kappa shape index (κ3) is 4.28. The molecule has 8 nitrogen and oxygen atoms in total. The molecule has 27 heavy (non-hydrogen) atoms. The average Bonchev–Trinajstić information content (AvgIpc) is 2.72. The summed E-state index contributed by atoms with van der Waals surface area (Å²) < 4.78 is 10.9. The van der Waals surface area contributed by atoms with E-state index < -0.39 is 0 Å². The van der Waals surface area contributed by atoms with Gasteiger partial charge in [-0.05, 0) is 31.0 Å². The SMILES string of the molecule is Cc1ccc(C)c(Nc2nc(N3CCOCC3)nc(N3CCOCC3)n2)c1. The molecule has 2 aliphatic heterocycles. The van der Waals surface area contributed by atoms with Crippen molar-refractivity contribution in [3.05, 3.63) is 29.3 Å². The molecular weight excluding hydrogens is 344 g/mol. The van der Waals surface area contributed by atoms with Crippen molar-refractivity contribution in [2.75, 3.05) is 67.7 Å². The zero-order valence-electron chi connectivity index (χ0n) is 15.9. The number of hydrogen-bond donors (Lipinski definition) is 1. The number of nitrogens with zero attached hydrogens (tertiary/aromatic N) is 5. The average molecular weight is 370 g/mol. The number of nitrogens with one attached hydrogen (secondary N) is 1. The predicted octanol–water partition coefficient (Wildman–Crippen LogP) is 1.91. The molecule has 2 aliphatic rings. The van der Waals surface area contributed by atoms with Gasteiger partial charge in [-0.15, -0.1) is 0 Å². The molecule has 2 saturated heterocycles. The molecule has 144 valence electrons. The molecule has 3 heterocycles. The van der Waals surface area contributed by atoms with E-state index in [0.29, 0.717) is 44.3 Å². The molecule has 0 spiro atoms. The summed E-state index contributed by atoms with van der Waals surface area (Å²) in [4.78, 5) is 18.4. The van der Waals surface area contributed by atoms with Crippen LogP contribution >= 0.6 is 0 Å².